The summed E-state index contributed by atoms with van der Waals surface area (Å²) in [5, 5.41) is 5.85. The molecule has 0 spiro atoms. The van der Waals surface area contributed by atoms with Crippen LogP contribution < -0.4 is 10.6 Å². The quantitative estimate of drug-likeness (QED) is 0.800. The third kappa shape index (κ3) is 4.33. The molecule has 2 amide bonds. The molecule has 2 N–H and O–H groups in total. The molecule has 2 aromatic rings. The number of nitrogens with one attached hydrogen (secondary N) is 2. The highest BCUT2D eigenvalue weighted by Gasteiger charge is 2.28. The van der Waals surface area contributed by atoms with Gasteiger partial charge < -0.3 is 15.2 Å². The lowest BCUT2D eigenvalue weighted by Gasteiger charge is -2.27. The second kappa shape index (κ2) is 8.35. The van der Waals surface area contributed by atoms with Gasteiger partial charge in [-0.2, -0.15) is 0 Å². The maximum absolute atomic E-state index is 13.6. The predicted octanol–water partition coefficient (Wildman–Crippen LogP) is 3.80. The van der Waals surface area contributed by atoms with Crippen molar-refractivity contribution in [3.8, 4) is 11.1 Å². The summed E-state index contributed by atoms with van der Waals surface area (Å²) < 4.78 is 28.6. The minimum atomic E-state index is -0.935. The van der Waals surface area contributed by atoms with Gasteiger partial charge in [0.2, 0.25) is 5.91 Å². The van der Waals surface area contributed by atoms with Gasteiger partial charge in [-0.3, -0.25) is 9.59 Å². The number of halogens is 2. The fraction of sp³-hybridized carbons (Fsp3) is 0.455. The Labute approximate surface area is 168 Å². The lowest BCUT2D eigenvalue weighted by atomic mass is 9.89. The molecule has 0 saturated heterocycles. The highest BCUT2D eigenvalue weighted by molar-refractivity contribution is 5.95. The van der Waals surface area contributed by atoms with E-state index in [-0.39, 0.29) is 24.3 Å². The number of benzene rings is 1. The molecule has 1 aliphatic carbocycles. The lowest BCUT2D eigenvalue weighted by Crippen LogP contribution is -2.41. The van der Waals surface area contributed by atoms with Gasteiger partial charge in [0, 0.05) is 31.3 Å². The van der Waals surface area contributed by atoms with Gasteiger partial charge in [-0.25, -0.2) is 8.78 Å². The van der Waals surface area contributed by atoms with Crippen molar-refractivity contribution in [3.63, 3.8) is 0 Å². The number of hydrogen-bond acceptors (Lipinski definition) is 2. The van der Waals surface area contributed by atoms with E-state index >= 15 is 0 Å². The first kappa shape index (κ1) is 19.6. The topological polar surface area (TPSA) is 63.1 Å². The molecule has 29 heavy (non-hydrogen) atoms. The molecular formula is C22H25F2N3O2. The molecular weight excluding hydrogens is 376 g/mol. The van der Waals surface area contributed by atoms with Gasteiger partial charge in [0.15, 0.2) is 11.6 Å². The Hall–Kier alpha value is -2.70. The fourth-order valence-electron chi connectivity index (χ4n) is 4.30. The summed E-state index contributed by atoms with van der Waals surface area (Å²) in [5.74, 6) is -1.57. The van der Waals surface area contributed by atoms with Crippen LogP contribution in [0.4, 0.5) is 8.78 Å². The summed E-state index contributed by atoms with van der Waals surface area (Å²) in [6.07, 6.45) is 8.07. The van der Waals surface area contributed by atoms with E-state index in [1.165, 1.54) is 38.2 Å². The van der Waals surface area contributed by atoms with Gasteiger partial charge in [-0.1, -0.05) is 25.3 Å². The van der Waals surface area contributed by atoms with Crippen LogP contribution in [-0.4, -0.2) is 29.5 Å². The third-order valence-corrected chi connectivity index (χ3v) is 5.96. The number of carbonyl (C=O) groups is 2. The summed E-state index contributed by atoms with van der Waals surface area (Å²) in [6, 6.07) is 5.09. The molecule has 154 valence electrons. The molecule has 1 aliphatic heterocycles. The van der Waals surface area contributed by atoms with Gasteiger partial charge in [0.25, 0.3) is 5.91 Å². The van der Waals surface area contributed by atoms with Crippen molar-refractivity contribution in [1.29, 1.82) is 0 Å². The zero-order valence-corrected chi connectivity index (χ0v) is 16.2. The van der Waals surface area contributed by atoms with Crippen molar-refractivity contribution < 1.29 is 18.4 Å². The van der Waals surface area contributed by atoms with Crippen LogP contribution in [0.1, 0.15) is 55.1 Å². The first-order valence-corrected chi connectivity index (χ1v) is 10.2. The lowest BCUT2D eigenvalue weighted by molar-refractivity contribution is -0.122. The standard InChI is InChI=1S/C22H25F2N3O2/c23-18-7-6-15(8-19(18)24)16-9-20-22(29)26-12-17(27(20)13-16)10-21(28)25-11-14-4-2-1-3-5-14/h6-9,13-14,17H,1-5,10-12H2,(H,25,28)(H,26,29). The number of hydrogen-bond donors (Lipinski definition) is 2. The Bertz CT molecular complexity index is 919. The van der Waals surface area contributed by atoms with E-state index in [2.05, 4.69) is 10.6 Å². The zero-order chi connectivity index (χ0) is 20.4. The first-order chi connectivity index (χ1) is 14.0. The number of rotatable bonds is 5. The Morgan fingerprint density at radius 1 is 1.10 bits per heavy atom. The van der Waals surface area contributed by atoms with Crippen molar-refractivity contribution in [1.82, 2.24) is 15.2 Å². The van der Waals surface area contributed by atoms with Crippen LogP contribution >= 0.6 is 0 Å². The van der Waals surface area contributed by atoms with E-state index in [1.807, 2.05) is 0 Å². The summed E-state index contributed by atoms with van der Waals surface area (Å²) in [4.78, 5) is 24.7. The van der Waals surface area contributed by atoms with E-state index in [4.69, 9.17) is 0 Å². The SMILES string of the molecule is O=C(CC1CNC(=O)c2cc(-c3ccc(F)c(F)c3)cn21)NCC1CCCCC1. The second-order valence-corrected chi connectivity index (χ2v) is 8.03. The van der Waals surface area contributed by atoms with E-state index in [0.29, 0.717) is 35.8 Å². The van der Waals surface area contributed by atoms with E-state index < -0.39 is 11.6 Å². The van der Waals surface area contributed by atoms with Gasteiger partial charge in [0.05, 0.1) is 6.04 Å². The van der Waals surface area contributed by atoms with Crippen LogP contribution in [0, 0.1) is 17.6 Å². The van der Waals surface area contributed by atoms with E-state index in [9.17, 15) is 18.4 Å². The minimum Gasteiger partial charge on any atom is -0.356 e. The van der Waals surface area contributed by atoms with Crippen molar-refractivity contribution in [2.24, 2.45) is 5.92 Å². The summed E-state index contributed by atoms with van der Waals surface area (Å²) in [6.45, 7) is 1.06. The molecule has 1 saturated carbocycles. The molecule has 2 heterocycles. The number of carbonyl (C=O) groups excluding carboxylic acids is 2. The largest absolute Gasteiger partial charge is 0.356 e. The second-order valence-electron chi connectivity index (χ2n) is 8.03. The summed E-state index contributed by atoms with van der Waals surface area (Å²) >= 11 is 0. The average Bonchev–Trinajstić information content (AvgIpc) is 3.18. The molecule has 0 bridgehead atoms. The maximum Gasteiger partial charge on any atom is 0.268 e. The van der Waals surface area contributed by atoms with E-state index in [0.717, 1.165) is 12.1 Å². The van der Waals surface area contributed by atoms with Crippen molar-refractivity contribution in [2.45, 2.75) is 44.6 Å². The Kier molecular flexibility index (Phi) is 5.65. The monoisotopic (exact) mass is 401 g/mol. The molecule has 4 rings (SSSR count). The van der Waals surface area contributed by atoms with Crippen LogP contribution in [0.5, 0.6) is 0 Å². The predicted molar refractivity (Wildman–Crippen MR) is 105 cm³/mol. The van der Waals surface area contributed by atoms with E-state index in [1.54, 1.807) is 16.8 Å². The molecule has 1 aromatic heterocycles. The van der Waals surface area contributed by atoms with Crippen LogP contribution in [-0.2, 0) is 4.79 Å². The van der Waals surface area contributed by atoms with Gasteiger partial charge >= 0.3 is 0 Å². The number of amides is 2. The van der Waals surface area contributed by atoms with Crippen molar-refractivity contribution >= 4 is 11.8 Å². The van der Waals surface area contributed by atoms with Gasteiger partial charge in [0.1, 0.15) is 5.69 Å². The van der Waals surface area contributed by atoms with Crippen LogP contribution in [0.25, 0.3) is 11.1 Å². The Morgan fingerprint density at radius 3 is 2.66 bits per heavy atom. The zero-order valence-electron chi connectivity index (χ0n) is 16.2. The first-order valence-electron chi connectivity index (χ1n) is 10.2. The maximum atomic E-state index is 13.6. The Balaban J connectivity index is 1.47. The molecule has 1 aromatic carbocycles. The molecule has 7 heteroatoms. The van der Waals surface area contributed by atoms with Crippen LogP contribution in [0.3, 0.4) is 0 Å². The average molecular weight is 401 g/mol. The Morgan fingerprint density at radius 2 is 1.90 bits per heavy atom. The number of fused-ring (bicyclic) bond motifs is 1. The highest BCUT2D eigenvalue weighted by Crippen LogP contribution is 2.29. The molecule has 0 radical (unpaired) electrons. The number of aromatic nitrogens is 1. The number of nitrogens with zero attached hydrogens (tertiary/aromatic N) is 1. The molecule has 1 fully saturated rings. The van der Waals surface area contributed by atoms with Gasteiger partial charge in [-0.15, -0.1) is 0 Å². The fourth-order valence-corrected chi connectivity index (χ4v) is 4.30. The third-order valence-electron chi connectivity index (χ3n) is 5.96. The summed E-state index contributed by atoms with van der Waals surface area (Å²) in [7, 11) is 0. The summed E-state index contributed by atoms with van der Waals surface area (Å²) in [5.41, 5.74) is 1.52. The highest BCUT2D eigenvalue weighted by atomic mass is 19.2. The minimum absolute atomic E-state index is 0.0363. The molecule has 1 atom stereocenters. The normalized spacial score (nSPS) is 19.5. The van der Waals surface area contributed by atoms with Gasteiger partial charge in [-0.05, 0) is 42.5 Å². The van der Waals surface area contributed by atoms with Crippen molar-refractivity contribution in [3.05, 3.63) is 47.8 Å². The van der Waals surface area contributed by atoms with Crippen LogP contribution in [0.15, 0.2) is 30.5 Å². The molecule has 1 unspecified atom stereocenters. The van der Waals surface area contributed by atoms with Crippen molar-refractivity contribution in [2.75, 3.05) is 13.1 Å². The molecule has 5 nitrogen and oxygen atoms in total. The smallest absolute Gasteiger partial charge is 0.268 e. The molecule has 2 aliphatic rings. The van der Waals surface area contributed by atoms with Crippen LogP contribution in [0.2, 0.25) is 0 Å².